The van der Waals surface area contributed by atoms with Gasteiger partial charge in [0.25, 0.3) is 0 Å². The molecule has 3 aromatic rings. The lowest BCUT2D eigenvalue weighted by atomic mass is 10.3. The number of ether oxygens (including phenoxy) is 2. The molecule has 0 heterocycles. The Kier molecular flexibility index (Phi) is 9.38. The standard InChI is InChI=1S/C18H14O2.2CH5N/c1-3-8-15(9-4-1)19-17-12-7-13-18(14-17)20-16-10-5-2-6-11-16;2*1-2/h1-14H;2*2H2,1H3. The Morgan fingerprint density at radius 1 is 0.458 bits per heavy atom. The predicted octanol–water partition coefficient (Wildman–Crippen LogP) is 4.42. The van der Waals surface area contributed by atoms with Gasteiger partial charge in [-0.25, -0.2) is 0 Å². The molecular formula is C20H24N2O2. The molecule has 0 radical (unpaired) electrons. The summed E-state index contributed by atoms with van der Waals surface area (Å²) in [4.78, 5) is 0. The monoisotopic (exact) mass is 324 g/mol. The van der Waals surface area contributed by atoms with Gasteiger partial charge in [-0.15, -0.1) is 0 Å². The number of nitrogens with two attached hydrogens (primary N) is 2. The largest absolute Gasteiger partial charge is 0.457 e. The molecule has 4 heteroatoms. The highest BCUT2D eigenvalue weighted by Crippen LogP contribution is 2.27. The zero-order chi connectivity index (χ0) is 17.6. The highest BCUT2D eigenvalue weighted by molar-refractivity contribution is 5.39. The first-order chi connectivity index (χ1) is 11.9. The van der Waals surface area contributed by atoms with Crippen LogP contribution in [-0.4, -0.2) is 14.1 Å². The Balaban J connectivity index is 0.000000671. The van der Waals surface area contributed by atoms with E-state index in [1.807, 2.05) is 84.9 Å². The lowest BCUT2D eigenvalue weighted by Crippen LogP contribution is -1.86. The average molecular weight is 324 g/mol. The van der Waals surface area contributed by atoms with Gasteiger partial charge in [-0.1, -0.05) is 42.5 Å². The van der Waals surface area contributed by atoms with Crippen LogP contribution in [0.4, 0.5) is 0 Å². The minimum Gasteiger partial charge on any atom is -0.457 e. The van der Waals surface area contributed by atoms with Crippen molar-refractivity contribution in [3.8, 4) is 23.0 Å². The van der Waals surface area contributed by atoms with Crippen molar-refractivity contribution in [2.45, 2.75) is 0 Å². The molecule has 0 atom stereocenters. The van der Waals surface area contributed by atoms with Gasteiger partial charge in [-0.3, -0.25) is 0 Å². The first-order valence-electron chi connectivity index (χ1n) is 7.61. The maximum Gasteiger partial charge on any atom is 0.131 e. The third-order valence-corrected chi connectivity index (χ3v) is 2.76. The Labute approximate surface area is 143 Å². The molecule has 0 aliphatic carbocycles. The first kappa shape index (κ1) is 19.2. The quantitative estimate of drug-likeness (QED) is 0.745. The van der Waals surface area contributed by atoms with Gasteiger partial charge in [-0.05, 0) is 50.5 Å². The lowest BCUT2D eigenvalue weighted by molar-refractivity contribution is 0.460. The third kappa shape index (κ3) is 6.52. The molecule has 0 aliphatic heterocycles. The number of para-hydroxylation sites is 2. The normalized spacial score (nSPS) is 8.83. The molecule has 0 unspecified atom stereocenters. The summed E-state index contributed by atoms with van der Waals surface area (Å²) in [6.07, 6.45) is 0. The Bertz CT molecular complexity index is 617. The summed E-state index contributed by atoms with van der Waals surface area (Å²) in [6, 6.07) is 27.0. The van der Waals surface area contributed by atoms with Crippen LogP contribution in [0.25, 0.3) is 0 Å². The smallest absolute Gasteiger partial charge is 0.131 e. The second-order valence-electron chi connectivity index (χ2n) is 4.31. The number of hydrogen-bond donors (Lipinski definition) is 2. The molecule has 0 saturated heterocycles. The van der Waals surface area contributed by atoms with Crippen LogP contribution >= 0.6 is 0 Å². The van der Waals surface area contributed by atoms with E-state index in [0.29, 0.717) is 0 Å². The van der Waals surface area contributed by atoms with Crippen LogP contribution in [0.1, 0.15) is 0 Å². The predicted molar refractivity (Wildman–Crippen MR) is 99.7 cm³/mol. The lowest BCUT2D eigenvalue weighted by Gasteiger charge is -2.08. The number of hydrogen-bond acceptors (Lipinski definition) is 4. The Morgan fingerprint density at radius 2 is 0.792 bits per heavy atom. The van der Waals surface area contributed by atoms with E-state index in [4.69, 9.17) is 9.47 Å². The van der Waals surface area contributed by atoms with Gasteiger partial charge >= 0.3 is 0 Å². The van der Waals surface area contributed by atoms with E-state index >= 15 is 0 Å². The van der Waals surface area contributed by atoms with Crippen molar-refractivity contribution in [2.24, 2.45) is 11.5 Å². The van der Waals surface area contributed by atoms with Crippen LogP contribution in [0.3, 0.4) is 0 Å². The van der Waals surface area contributed by atoms with Crippen LogP contribution in [-0.2, 0) is 0 Å². The summed E-state index contributed by atoms with van der Waals surface area (Å²) in [5.41, 5.74) is 9.00. The minimum atomic E-state index is 0.754. The Morgan fingerprint density at radius 3 is 1.17 bits per heavy atom. The number of rotatable bonds is 4. The first-order valence-corrected chi connectivity index (χ1v) is 7.61. The van der Waals surface area contributed by atoms with Crippen LogP contribution in [0.5, 0.6) is 23.0 Å². The van der Waals surface area contributed by atoms with Crippen molar-refractivity contribution in [1.82, 2.24) is 0 Å². The van der Waals surface area contributed by atoms with Gasteiger partial charge in [0, 0.05) is 6.07 Å². The van der Waals surface area contributed by atoms with E-state index in [0.717, 1.165) is 23.0 Å². The second-order valence-corrected chi connectivity index (χ2v) is 4.31. The molecule has 0 amide bonds. The summed E-state index contributed by atoms with van der Waals surface area (Å²) in [5.74, 6) is 3.13. The van der Waals surface area contributed by atoms with Gasteiger partial charge in [0.2, 0.25) is 0 Å². The molecule has 0 aliphatic rings. The zero-order valence-corrected chi connectivity index (χ0v) is 14.1. The van der Waals surface area contributed by atoms with E-state index in [1.54, 1.807) is 0 Å². The van der Waals surface area contributed by atoms with Gasteiger partial charge in [-0.2, -0.15) is 0 Å². The topological polar surface area (TPSA) is 70.5 Å². The molecule has 4 nitrogen and oxygen atoms in total. The molecule has 0 spiro atoms. The van der Waals surface area contributed by atoms with E-state index in [-0.39, 0.29) is 0 Å². The summed E-state index contributed by atoms with van der Waals surface area (Å²) < 4.78 is 11.6. The van der Waals surface area contributed by atoms with E-state index < -0.39 is 0 Å². The SMILES string of the molecule is CN.CN.c1ccc(Oc2cccc(Oc3ccccc3)c2)cc1. The van der Waals surface area contributed by atoms with E-state index in [2.05, 4.69) is 11.5 Å². The maximum absolute atomic E-state index is 5.78. The van der Waals surface area contributed by atoms with Gasteiger partial charge in [0.15, 0.2) is 0 Å². The van der Waals surface area contributed by atoms with Gasteiger partial charge in [0.1, 0.15) is 23.0 Å². The summed E-state index contributed by atoms with van der Waals surface area (Å²) >= 11 is 0. The number of benzene rings is 3. The molecule has 3 aromatic carbocycles. The van der Waals surface area contributed by atoms with Crippen LogP contribution in [0.2, 0.25) is 0 Å². The summed E-state index contributed by atoms with van der Waals surface area (Å²) in [6.45, 7) is 0. The van der Waals surface area contributed by atoms with Crippen molar-refractivity contribution < 1.29 is 9.47 Å². The second kappa shape index (κ2) is 11.7. The zero-order valence-electron chi connectivity index (χ0n) is 14.1. The summed E-state index contributed by atoms with van der Waals surface area (Å²) in [7, 11) is 3.00. The van der Waals surface area contributed by atoms with Crippen molar-refractivity contribution in [1.29, 1.82) is 0 Å². The molecular weight excluding hydrogens is 300 g/mol. The van der Waals surface area contributed by atoms with E-state index in [9.17, 15) is 0 Å². The van der Waals surface area contributed by atoms with Crippen LogP contribution in [0.15, 0.2) is 84.9 Å². The third-order valence-electron chi connectivity index (χ3n) is 2.76. The minimum absolute atomic E-state index is 0.754. The fourth-order valence-corrected chi connectivity index (χ4v) is 1.85. The van der Waals surface area contributed by atoms with Crippen LogP contribution < -0.4 is 20.9 Å². The average Bonchev–Trinajstić information content (AvgIpc) is 2.67. The van der Waals surface area contributed by atoms with Crippen molar-refractivity contribution in [3.63, 3.8) is 0 Å². The van der Waals surface area contributed by atoms with Crippen molar-refractivity contribution >= 4 is 0 Å². The highest BCUT2D eigenvalue weighted by Gasteiger charge is 2.00. The maximum atomic E-state index is 5.78. The Hall–Kier alpha value is -2.82. The van der Waals surface area contributed by atoms with Gasteiger partial charge in [0.05, 0.1) is 0 Å². The summed E-state index contributed by atoms with van der Waals surface area (Å²) in [5, 5.41) is 0. The van der Waals surface area contributed by atoms with Crippen LogP contribution in [0, 0.1) is 0 Å². The fraction of sp³-hybridized carbons (Fsp3) is 0.100. The van der Waals surface area contributed by atoms with E-state index in [1.165, 1.54) is 14.1 Å². The molecule has 0 saturated carbocycles. The molecule has 126 valence electrons. The molecule has 3 rings (SSSR count). The molecule has 24 heavy (non-hydrogen) atoms. The molecule has 0 aromatic heterocycles. The molecule has 0 fully saturated rings. The van der Waals surface area contributed by atoms with Crippen molar-refractivity contribution in [3.05, 3.63) is 84.9 Å². The fourth-order valence-electron chi connectivity index (χ4n) is 1.85. The molecule has 0 bridgehead atoms. The molecule has 4 N–H and O–H groups in total. The van der Waals surface area contributed by atoms with Crippen molar-refractivity contribution in [2.75, 3.05) is 14.1 Å². The highest BCUT2D eigenvalue weighted by atomic mass is 16.5. The van der Waals surface area contributed by atoms with Gasteiger partial charge < -0.3 is 20.9 Å².